The van der Waals surface area contributed by atoms with Crippen LogP contribution in [0.4, 0.5) is 0 Å². The second-order valence-corrected chi connectivity index (χ2v) is 7.28. The van der Waals surface area contributed by atoms with Crippen LogP contribution in [0.15, 0.2) is 28.7 Å². The Morgan fingerprint density at radius 1 is 1.44 bits per heavy atom. The summed E-state index contributed by atoms with van der Waals surface area (Å²) in [7, 11) is 1.66. The average Bonchev–Trinajstić information content (AvgIpc) is 3.02. The van der Waals surface area contributed by atoms with Crippen molar-refractivity contribution in [3.8, 4) is 5.75 Å². The molecule has 1 N–H and O–H groups in total. The molecular weight excluding hydrogens is 316 g/mol. The van der Waals surface area contributed by atoms with Crippen LogP contribution in [0.25, 0.3) is 11.0 Å². The fourth-order valence-electron chi connectivity index (χ4n) is 3.58. The number of methoxy groups -OCH3 is 1. The fourth-order valence-corrected chi connectivity index (χ4v) is 3.58. The smallest absolute Gasteiger partial charge is 0.225 e. The topological polar surface area (TPSA) is 54.7 Å². The number of amides is 1. The highest BCUT2D eigenvalue weighted by molar-refractivity contribution is 5.83. The van der Waals surface area contributed by atoms with Crippen LogP contribution in [0.3, 0.4) is 0 Å². The fraction of sp³-hybridized carbons (Fsp3) is 0.550. The summed E-state index contributed by atoms with van der Waals surface area (Å²) >= 11 is 0. The van der Waals surface area contributed by atoms with Gasteiger partial charge in [-0.2, -0.15) is 0 Å². The summed E-state index contributed by atoms with van der Waals surface area (Å²) in [4.78, 5) is 14.2. The second-order valence-electron chi connectivity index (χ2n) is 7.28. The van der Waals surface area contributed by atoms with Crippen molar-refractivity contribution in [2.75, 3.05) is 20.2 Å². The maximum Gasteiger partial charge on any atom is 0.225 e. The number of rotatable bonds is 5. The predicted octanol–water partition coefficient (Wildman–Crippen LogP) is 3.42. The Morgan fingerprint density at radius 2 is 2.24 bits per heavy atom. The van der Waals surface area contributed by atoms with E-state index in [0.717, 1.165) is 42.0 Å². The Hall–Kier alpha value is -2.01. The van der Waals surface area contributed by atoms with Gasteiger partial charge < -0.3 is 19.4 Å². The lowest BCUT2D eigenvalue weighted by atomic mass is 9.93. The van der Waals surface area contributed by atoms with Gasteiger partial charge in [-0.05, 0) is 24.5 Å². The van der Waals surface area contributed by atoms with E-state index in [4.69, 9.17) is 9.15 Å². The number of hydrogen-bond donors (Lipinski definition) is 1. The van der Waals surface area contributed by atoms with Crippen LogP contribution >= 0.6 is 0 Å². The van der Waals surface area contributed by atoms with Crippen LogP contribution in [0.2, 0.25) is 0 Å². The quantitative estimate of drug-likeness (QED) is 0.903. The Labute approximate surface area is 149 Å². The molecule has 0 spiro atoms. The monoisotopic (exact) mass is 344 g/mol. The minimum atomic E-state index is 0.0715. The number of benzene rings is 1. The van der Waals surface area contributed by atoms with Crippen LogP contribution in [0.5, 0.6) is 5.75 Å². The number of carbonyl (C=O) groups is 1. The van der Waals surface area contributed by atoms with Crippen LogP contribution < -0.4 is 10.1 Å². The van der Waals surface area contributed by atoms with E-state index in [1.165, 1.54) is 0 Å². The summed E-state index contributed by atoms with van der Waals surface area (Å²) in [6.07, 6.45) is 0.975. The van der Waals surface area contributed by atoms with Gasteiger partial charge in [-0.1, -0.05) is 32.9 Å². The van der Waals surface area contributed by atoms with Gasteiger partial charge in [0.15, 0.2) is 11.3 Å². The third-order valence-electron chi connectivity index (χ3n) is 5.03. The average molecular weight is 344 g/mol. The van der Waals surface area contributed by atoms with Crippen LogP contribution in [0, 0.1) is 11.8 Å². The van der Waals surface area contributed by atoms with E-state index < -0.39 is 0 Å². The van der Waals surface area contributed by atoms with Crippen LogP contribution in [-0.2, 0) is 11.3 Å². The molecule has 0 radical (unpaired) electrons. The first-order valence-electron chi connectivity index (χ1n) is 9.07. The summed E-state index contributed by atoms with van der Waals surface area (Å²) < 4.78 is 11.3. The van der Waals surface area contributed by atoms with Crippen LogP contribution in [0.1, 0.15) is 33.0 Å². The molecule has 136 valence electrons. The van der Waals surface area contributed by atoms with Gasteiger partial charge in [0.2, 0.25) is 5.91 Å². The maximum absolute atomic E-state index is 12.2. The minimum Gasteiger partial charge on any atom is -0.493 e. The molecule has 5 nitrogen and oxygen atoms in total. The van der Waals surface area contributed by atoms with Crippen molar-refractivity contribution in [1.29, 1.82) is 0 Å². The molecule has 1 aliphatic heterocycles. The van der Waals surface area contributed by atoms with Gasteiger partial charge in [0.25, 0.3) is 0 Å². The Balaban J connectivity index is 1.60. The van der Waals surface area contributed by atoms with Gasteiger partial charge in [0.05, 0.1) is 13.7 Å². The molecule has 0 saturated carbocycles. The zero-order valence-corrected chi connectivity index (χ0v) is 15.5. The number of piperidine rings is 1. The lowest BCUT2D eigenvalue weighted by molar-refractivity contribution is -0.136. The van der Waals surface area contributed by atoms with Gasteiger partial charge in [0.1, 0.15) is 5.76 Å². The van der Waals surface area contributed by atoms with E-state index in [2.05, 4.69) is 18.3 Å². The number of hydrogen-bond acceptors (Lipinski definition) is 4. The van der Waals surface area contributed by atoms with Crippen molar-refractivity contribution in [3.05, 3.63) is 30.0 Å². The van der Waals surface area contributed by atoms with Crippen molar-refractivity contribution in [3.63, 3.8) is 0 Å². The molecular formula is C20H28N2O3. The molecule has 1 aromatic heterocycles. The minimum absolute atomic E-state index is 0.0715. The first-order valence-corrected chi connectivity index (χ1v) is 9.07. The van der Waals surface area contributed by atoms with E-state index in [1.54, 1.807) is 7.11 Å². The highest BCUT2D eigenvalue weighted by Crippen LogP contribution is 2.28. The normalized spacial score (nSPS) is 21.1. The van der Waals surface area contributed by atoms with Gasteiger partial charge in [-0.15, -0.1) is 0 Å². The van der Waals surface area contributed by atoms with Gasteiger partial charge >= 0.3 is 0 Å². The lowest BCUT2D eigenvalue weighted by Crippen LogP contribution is -2.50. The van der Waals surface area contributed by atoms with Crippen molar-refractivity contribution in [1.82, 2.24) is 10.2 Å². The highest BCUT2D eigenvalue weighted by Gasteiger charge is 2.29. The number of ether oxygens (including phenoxy) is 1. The van der Waals surface area contributed by atoms with Crippen molar-refractivity contribution in [2.24, 2.45) is 11.8 Å². The first kappa shape index (κ1) is 17.8. The lowest BCUT2D eigenvalue weighted by Gasteiger charge is -2.38. The summed E-state index contributed by atoms with van der Waals surface area (Å²) in [5.41, 5.74) is 0.798. The zero-order chi connectivity index (χ0) is 18.0. The number of fused-ring (bicyclic) bond motifs is 1. The van der Waals surface area contributed by atoms with Gasteiger partial charge in [-0.25, -0.2) is 0 Å². The van der Waals surface area contributed by atoms with Crippen LogP contribution in [-0.4, -0.2) is 37.0 Å². The maximum atomic E-state index is 12.2. The highest BCUT2D eigenvalue weighted by atomic mass is 16.5. The van der Waals surface area contributed by atoms with E-state index in [9.17, 15) is 4.79 Å². The number of likely N-dealkylation sites (tertiary alicyclic amines) is 1. The summed E-state index contributed by atoms with van der Waals surface area (Å²) in [5, 5.41) is 4.66. The Morgan fingerprint density at radius 3 is 2.92 bits per heavy atom. The summed E-state index contributed by atoms with van der Waals surface area (Å²) in [6, 6.07) is 8.37. The summed E-state index contributed by atoms with van der Waals surface area (Å²) in [6.45, 7) is 8.47. The molecule has 1 aromatic carbocycles. The molecule has 2 heterocycles. The molecule has 1 fully saturated rings. The molecule has 1 aliphatic rings. The number of para-hydroxylation sites is 1. The number of carbonyl (C=O) groups excluding carboxylic acids is 1. The summed E-state index contributed by atoms with van der Waals surface area (Å²) in [5.74, 6) is 2.43. The third-order valence-corrected chi connectivity index (χ3v) is 5.03. The van der Waals surface area contributed by atoms with Crippen molar-refractivity contribution >= 4 is 16.9 Å². The molecule has 0 bridgehead atoms. The molecule has 5 heteroatoms. The van der Waals surface area contributed by atoms with Gasteiger partial charge in [0, 0.05) is 30.4 Å². The van der Waals surface area contributed by atoms with E-state index in [-0.39, 0.29) is 11.8 Å². The number of nitrogens with zero attached hydrogens (tertiary/aromatic N) is 1. The van der Waals surface area contributed by atoms with Crippen molar-refractivity contribution in [2.45, 2.75) is 39.8 Å². The Bertz CT molecular complexity index is 738. The predicted molar refractivity (Wildman–Crippen MR) is 98.6 cm³/mol. The van der Waals surface area contributed by atoms with Crippen molar-refractivity contribution < 1.29 is 13.9 Å². The number of furan rings is 1. The van der Waals surface area contributed by atoms with Gasteiger partial charge in [-0.3, -0.25) is 4.79 Å². The van der Waals surface area contributed by atoms with E-state index >= 15 is 0 Å². The molecule has 1 saturated heterocycles. The van der Waals surface area contributed by atoms with E-state index in [1.807, 2.05) is 36.9 Å². The molecule has 2 atom stereocenters. The molecule has 0 unspecified atom stereocenters. The second kappa shape index (κ2) is 7.48. The first-order chi connectivity index (χ1) is 12.0. The molecule has 1 amide bonds. The SMILES string of the molecule is COc1cccc2cc(CN[C@@H]3CCN(C(=O)C(C)C)C[C@H]3C)oc12. The Kier molecular flexibility index (Phi) is 5.33. The third kappa shape index (κ3) is 3.82. The molecule has 3 rings (SSSR count). The number of nitrogens with one attached hydrogen (secondary N) is 1. The molecule has 0 aliphatic carbocycles. The standard InChI is InChI=1S/C20H28N2O3/c1-13(2)20(23)22-9-8-17(14(3)12-22)21-11-16-10-15-6-5-7-18(24-4)19(15)25-16/h5-7,10,13-14,17,21H,8-9,11-12H2,1-4H3/t14-,17-/m1/s1. The molecule has 2 aromatic rings. The molecule has 25 heavy (non-hydrogen) atoms. The zero-order valence-electron chi connectivity index (χ0n) is 15.5. The van der Waals surface area contributed by atoms with E-state index in [0.29, 0.717) is 18.5 Å². The largest absolute Gasteiger partial charge is 0.493 e.